The van der Waals surface area contributed by atoms with E-state index < -0.39 is 0 Å². The monoisotopic (exact) mass is 409 g/mol. The molecule has 0 bridgehead atoms. The van der Waals surface area contributed by atoms with Gasteiger partial charge in [0, 0.05) is 42.9 Å². The fourth-order valence-corrected chi connectivity index (χ4v) is 3.18. The molecule has 0 radical (unpaired) electrons. The minimum absolute atomic E-state index is 0. The quantitative estimate of drug-likeness (QED) is 0.840. The third-order valence-electron chi connectivity index (χ3n) is 4.17. The molecule has 6 heteroatoms. The van der Waals surface area contributed by atoms with Crippen molar-refractivity contribution in [3.8, 4) is 0 Å². The number of hydrogen-bond donors (Lipinski definition) is 1. The largest absolute Gasteiger partial charge is 0.333 e. The van der Waals surface area contributed by atoms with E-state index in [0.29, 0.717) is 6.42 Å². The Morgan fingerprint density at radius 1 is 1.29 bits per heavy atom. The second-order valence-corrected chi connectivity index (χ2v) is 6.64. The van der Waals surface area contributed by atoms with Crippen LogP contribution in [0.15, 0.2) is 53.3 Å². The van der Waals surface area contributed by atoms with Crippen LogP contribution in [0.5, 0.6) is 0 Å². The summed E-state index contributed by atoms with van der Waals surface area (Å²) in [5.74, 6) is 0.211. The summed E-state index contributed by atoms with van der Waals surface area (Å²) >= 11 is 3.43. The van der Waals surface area contributed by atoms with Gasteiger partial charge in [0.2, 0.25) is 5.91 Å². The van der Waals surface area contributed by atoms with Crippen LogP contribution in [0.4, 0.5) is 0 Å². The molecule has 1 atom stereocenters. The number of amides is 1. The first-order valence-electron chi connectivity index (χ1n) is 7.88. The molecule has 1 N–H and O–H groups in total. The molecular formula is C18H21BrClN3O. The standard InChI is InChI=1S/C18H20BrN3O.ClH/c19-16-6-3-14(4-7-16)5-8-18(23)22-11-10-21-13-17(22)15-2-1-9-20-12-15;/h1-4,6-7,9,12,17,21H,5,8,10-11,13H2;1H. The van der Waals surface area contributed by atoms with Gasteiger partial charge in [-0.25, -0.2) is 0 Å². The number of carbonyl (C=O) groups excluding carboxylic acids is 1. The maximum atomic E-state index is 12.7. The first-order valence-corrected chi connectivity index (χ1v) is 8.68. The number of hydrogen-bond acceptors (Lipinski definition) is 3. The smallest absolute Gasteiger partial charge is 0.223 e. The average Bonchev–Trinajstić information content (AvgIpc) is 2.62. The molecule has 0 saturated carbocycles. The molecular weight excluding hydrogens is 390 g/mol. The fraction of sp³-hybridized carbons (Fsp3) is 0.333. The molecule has 1 aliphatic heterocycles. The van der Waals surface area contributed by atoms with Crippen molar-refractivity contribution in [2.75, 3.05) is 19.6 Å². The topological polar surface area (TPSA) is 45.2 Å². The van der Waals surface area contributed by atoms with E-state index in [4.69, 9.17) is 0 Å². The molecule has 24 heavy (non-hydrogen) atoms. The number of piperazine rings is 1. The van der Waals surface area contributed by atoms with Crippen LogP contribution in [0.2, 0.25) is 0 Å². The normalized spacial score (nSPS) is 17.2. The van der Waals surface area contributed by atoms with Crippen LogP contribution in [-0.4, -0.2) is 35.4 Å². The maximum Gasteiger partial charge on any atom is 0.223 e. The highest BCUT2D eigenvalue weighted by atomic mass is 79.9. The van der Waals surface area contributed by atoms with E-state index in [1.807, 2.05) is 35.4 Å². The van der Waals surface area contributed by atoms with Gasteiger partial charge in [0.1, 0.15) is 0 Å². The third kappa shape index (κ3) is 4.79. The molecule has 1 fully saturated rings. The van der Waals surface area contributed by atoms with Gasteiger partial charge in [-0.1, -0.05) is 34.1 Å². The molecule has 1 saturated heterocycles. The number of rotatable bonds is 4. The lowest BCUT2D eigenvalue weighted by molar-refractivity contribution is -0.134. The second kappa shape index (κ2) is 9.16. The summed E-state index contributed by atoms with van der Waals surface area (Å²) in [6.45, 7) is 2.38. The number of aromatic nitrogens is 1. The highest BCUT2D eigenvalue weighted by Gasteiger charge is 2.27. The van der Waals surface area contributed by atoms with Gasteiger partial charge >= 0.3 is 0 Å². The van der Waals surface area contributed by atoms with Crippen molar-refractivity contribution in [2.24, 2.45) is 0 Å². The third-order valence-corrected chi connectivity index (χ3v) is 4.70. The molecule has 1 aliphatic rings. The summed E-state index contributed by atoms with van der Waals surface area (Å²) in [6, 6.07) is 12.2. The van der Waals surface area contributed by atoms with E-state index in [9.17, 15) is 4.79 Å². The minimum Gasteiger partial charge on any atom is -0.333 e. The Kier molecular flexibility index (Phi) is 7.21. The van der Waals surface area contributed by atoms with Gasteiger partial charge in [-0.05, 0) is 35.7 Å². The van der Waals surface area contributed by atoms with E-state index >= 15 is 0 Å². The van der Waals surface area contributed by atoms with E-state index in [1.54, 1.807) is 6.20 Å². The molecule has 1 aromatic heterocycles. The van der Waals surface area contributed by atoms with Crippen LogP contribution < -0.4 is 5.32 Å². The molecule has 1 aromatic carbocycles. The summed E-state index contributed by atoms with van der Waals surface area (Å²) in [5.41, 5.74) is 2.28. The zero-order chi connectivity index (χ0) is 16.1. The summed E-state index contributed by atoms with van der Waals surface area (Å²) in [4.78, 5) is 18.9. The van der Waals surface area contributed by atoms with Crippen LogP contribution in [0.25, 0.3) is 0 Å². The number of benzene rings is 1. The number of pyridine rings is 1. The van der Waals surface area contributed by atoms with Crippen molar-refractivity contribution in [2.45, 2.75) is 18.9 Å². The first kappa shape index (κ1) is 18.9. The van der Waals surface area contributed by atoms with Crippen LogP contribution >= 0.6 is 28.3 Å². The predicted molar refractivity (Wildman–Crippen MR) is 101 cm³/mol. The van der Waals surface area contributed by atoms with Crippen molar-refractivity contribution in [3.63, 3.8) is 0 Å². The summed E-state index contributed by atoms with van der Waals surface area (Å²) in [5, 5.41) is 3.37. The lowest BCUT2D eigenvalue weighted by Gasteiger charge is -2.36. The van der Waals surface area contributed by atoms with Gasteiger partial charge in [-0.3, -0.25) is 9.78 Å². The molecule has 128 valence electrons. The predicted octanol–water partition coefficient (Wildman–Crippen LogP) is 3.37. The summed E-state index contributed by atoms with van der Waals surface area (Å²) in [6.07, 6.45) is 4.93. The lowest BCUT2D eigenvalue weighted by atomic mass is 10.0. The molecule has 4 nitrogen and oxygen atoms in total. The Labute approximate surface area is 157 Å². The van der Waals surface area contributed by atoms with E-state index in [1.165, 1.54) is 5.56 Å². The van der Waals surface area contributed by atoms with Gasteiger partial charge in [0.15, 0.2) is 0 Å². The SMILES string of the molecule is Cl.O=C(CCc1ccc(Br)cc1)N1CCNCC1c1cccnc1. The second-order valence-electron chi connectivity index (χ2n) is 5.72. The highest BCUT2D eigenvalue weighted by Crippen LogP contribution is 2.22. The number of nitrogens with zero attached hydrogens (tertiary/aromatic N) is 2. The number of aryl methyl sites for hydroxylation is 1. The zero-order valence-corrected chi connectivity index (χ0v) is 15.7. The van der Waals surface area contributed by atoms with Gasteiger partial charge in [0.25, 0.3) is 0 Å². The molecule has 2 heterocycles. The summed E-state index contributed by atoms with van der Waals surface area (Å²) < 4.78 is 1.06. The Balaban J connectivity index is 0.00000208. The number of nitrogens with one attached hydrogen (secondary N) is 1. The zero-order valence-electron chi connectivity index (χ0n) is 13.3. The molecule has 2 aromatic rings. The lowest BCUT2D eigenvalue weighted by Crippen LogP contribution is -2.48. The highest BCUT2D eigenvalue weighted by molar-refractivity contribution is 9.10. The Bertz CT molecular complexity index is 651. The van der Waals surface area contributed by atoms with Crippen LogP contribution in [-0.2, 0) is 11.2 Å². The average molecular weight is 411 g/mol. The van der Waals surface area contributed by atoms with E-state index in [0.717, 1.165) is 36.1 Å². The number of carbonyl (C=O) groups is 1. The molecule has 0 spiro atoms. The van der Waals surface area contributed by atoms with Crippen LogP contribution in [0, 0.1) is 0 Å². The number of halogens is 2. The van der Waals surface area contributed by atoms with Gasteiger partial charge in [-0.2, -0.15) is 0 Å². The minimum atomic E-state index is 0. The fourth-order valence-electron chi connectivity index (χ4n) is 2.92. The molecule has 1 unspecified atom stereocenters. The van der Waals surface area contributed by atoms with Gasteiger partial charge < -0.3 is 10.2 Å². The summed E-state index contributed by atoms with van der Waals surface area (Å²) in [7, 11) is 0. The van der Waals surface area contributed by atoms with E-state index in [-0.39, 0.29) is 24.4 Å². The van der Waals surface area contributed by atoms with Crippen LogP contribution in [0.1, 0.15) is 23.6 Å². The molecule has 0 aliphatic carbocycles. The Morgan fingerprint density at radius 2 is 2.08 bits per heavy atom. The van der Waals surface area contributed by atoms with Crippen molar-refractivity contribution < 1.29 is 4.79 Å². The van der Waals surface area contributed by atoms with Gasteiger partial charge in [-0.15, -0.1) is 12.4 Å². The van der Waals surface area contributed by atoms with Crippen LogP contribution in [0.3, 0.4) is 0 Å². The maximum absolute atomic E-state index is 12.7. The van der Waals surface area contributed by atoms with Gasteiger partial charge in [0.05, 0.1) is 6.04 Å². The van der Waals surface area contributed by atoms with E-state index in [2.05, 4.69) is 38.4 Å². The van der Waals surface area contributed by atoms with Crippen molar-refractivity contribution >= 4 is 34.2 Å². The Hall–Kier alpha value is -1.43. The van der Waals surface area contributed by atoms with Crippen molar-refractivity contribution in [1.82, 2.24) is 15.2 Å². The van der Waals surface area contributed by atoms with Crippen molar-refractivity contribution in [3.05, 3.63) is 64.4 Å². The molecule has 3 rings (SSSR count). The first-order chi connectivity index (χ1) is 11.2. The van der Waals surface area contributed by atoms with Crippen molar-refractivity contribution in [1.29, 1.82) is 0 Å². The molecule has 1 amide bonds. The Morgan fingerprint density at radius 3 is 2.79 bits per heavy atom.